The number of benzene rings is 2. The van der Waals surface area contributed by atoms with Crippen molar-refractivity contribution in [3.63, 3.8) is 0 Å². The van der Waals surface area contributed by atoms with Gasteiger partial charge in [-0.1, -0.05) is 18.2 Å². The predicted molar refractivity (Wildman–Crippen MR) is 179 cm³/mol. The monoisotopic (exact) mass is 674 g/mol. The van der Waals surface area contributed by atoms with Crippen LogP contribution < -0.4 is 25.6 Å². The number of nitrogens with zero attached hydrogens (tertiary/aromatic N) is 7. The largest absolute Gasteiger partial charge is 0.482 e. The molecule has 1 fully saturated rings. The van der Waals surface area contributed by atoms with E-state index >= 15 is 0 Å². The van der Waals surface area contributed by atoms with Crippen molar-refractivity contribution in [1.82, 2.24) is 34.6 Å². The maximum absolute atomic E-state index is 13.5. The number of hydrogen-bond donors (Lipinski definition) is 3. The number of piperazine rings is 1. The van der Waals surface area contributed by atoms with Crippen LogP contribution in [0.1, 0.15) is 0 Å². The summed E-state index contributed by atoms with van der Waals surface area (Å²) in [4.78, 5) is 21.2. The Hall–Kier alpha value is -5.27. The number of ether oxygens (including phenoxy) is 1. The van der Waals surface area contributed by atoms with Crippen LogP contribution >= 0.6 is 8.46 Å². The minimum Gasteiger partial charge on any atom is -0.482 e. The molecule has 48 heavy (non-hydrogen) atoms. The number of H-pyrrole nitrogens is 1. The summed E-state index contributed by atoms with van der Waals surface area (Å²) >= 11 is 0. The average molecular weight is 675 g/mol. The number of halogens is 3. The predicted octanol–water partition coefficient (Wildman–Crippen LogP) is 6.00. The van der Waals surface area contributed by atoms with Crippen molar-refractivity contribution in [3.05, 3.63) is 67.3 Å². The fourth-order valence-corrected chi connectivity index (χ4v) is 6.20. The number of anilines is 5. The summed E-state index contributed by atoms with van der Waals surface area (Å²) in [6.07, 6.45) is 2.28. The molecule has 0 amide bonds. The first-order valence-corrected chi connectivity index (χ1v) is 15.9. The van der Waals surface area contributed by atoms with Gasteiger partial charge in [-0.2, -0.15) is 28.2 Å². The zero-order chi connectivity index (χ0) is 33.4. The number of aromatic nitrogens is 6. The standard InChI is InChI=1S/C32H30F3N10O2P/c1-43-9-11-45(12-10-43)26-14-27(47-18-32(33,34)35)24(13-22(26)19-15-38-44(2)17-19)40-31-41-29-21(7-8-36-29)30(42-31)39-25-16-37-23-6-4-3-5-20(23)28(25)48-46/h3-8,13-17H,9-12,18H2,1-2H3,(H3,36,39,40,41,42). The number of pyridine rings is 1. The SMILES string of the molecule is CN1CCN(c2cc(OCC(F)(F)F)c(Nc3nc(Nc4cnc5ccccc5c4P=O)c4cc[nH]c4n3)cc2-c2cnn(C)c2)CC1. The first-order chi connectivity index (χ1) is 23.1. The zero-order valence-corrected chi connectivity index (χ0v) is 26.8. The molecule has 0 atom stereocenters. The van der Waals surface area contributed by atoms with Crippen molar-refractivity contribution in [3.8, 4) is 16.9 Å². The third-order valence-electron chi connectivity index (χ3n) is 8.10. The number of para-hydroxylation sites is 1. The van der Waals surface area contributed by atoms with Gasteiger partial charge in [-0.25, -0.2) is 0 Å². The summed E-state index contributed by atoms with van der Waals surface area (Å²) in [5.41, 5.74) is 4.14. The van der Waals surface area contributed by atoms with E-state index in [2.05, 4.69) is 40.5 Å². The van der Waals surface area contributed by atoms with Crippen LogP contribution in [0.25, 0.3) is 33.1 Å². The molecule has 1 aliphatic heterocycles. The summed E-state index contributed by atoms with van der Waals surface area (Å²) in [5.74, 6) is 0.443. The van der Waals surface area contributed by atoms with E-state index in [1.54, 1.807) is 48.5 Å². The van der Waals surface area contributed by atoms with Crippen LogP contribution in [0.4, 0.5) is 42.0 Å². The molecule has 5 heterocycles. The Balaban J connectivity index is 1.32. The van der Waals surface area contributed by atoms with E-state index in [4.69, 9.17) is 9.72 Å². The second-order valence-corrected chi connectivity index (χ2v) is 12.1. The molecule has 7 rings (SSSR count). The molecule has 6 aromatic rings. The smallest absolute Gasteiger partial charge is 0.422 e. The van der Waals surface area contributed by atoms with E-state index in [-0.39, 0.29) is 25.8 Å². The van der Waals surface area contributed by atoms with Crippen LogP contribution in [-0.4, -0.2) is 80.6 Å². The van der Waals surface area contributed by atoms with Gasteiger partial charge in [0.05, 0.1) is 40.0 Å². The third-order valence-corrected chi connectivity index (χ3v) is 8.77. The van der Waals surface area contributed by atoms with Crippen molar-refractivity contribution < 1.29 is 22.5 Å². The van der Waals surface area contributed by atoms with Crippen molar-refractivity contribution in [2.45, 2.75) is 6.18 Å². The van der Waals surface area contributed by atoms with Gasteiger partial charge in [-0.05, 0) is 25.2 Å². The molecule has 12 nitrogen and oxygen atoms in total. The second kappa shape index (κ2) is 12.7. The molecule has 16 heteroatoms. The summed E-state index contributed by atoms with van der Waals surface area (Å²) in [6.45, 7) is 1.48. The highest BCUT2D eigenvalue weighted by Crippen LogP contribution is 2.41. The number of likely N-dealkylation sites (N-methyl/N-ethyl adjacent to an activating group) is 1. The number of aromatic amines is 1. The maximum Gasteiger partial charge on any atom is 0.422 e. The highest BCUT2D eigenvalue weighted by Gasteiger charge is 2.30. The summed E-state index contributed by atoms with van der Waals surface area (Å²) in [7, 11) is 3.62. The maximum atomic E-state index is 13.5. The fourth-order valence-electron chi connectivity index (χ4n) is 5.70. The highest BCUT2D eigenvalue weighted by atomic mass is 31.1. The Morgan fingerprint density at radius 3 is 2.54 bits per heavy atom. The number of nitrogens with one attached hydrogen (secondary N) is 3. The minimum atomic E-state index is -4.56. The molecule has 0 bridgehead atoms. The molecule has 1 aliphatic rings. The molecule has 2 aromatic carbocycles. The lowest BCUT2D eigenvalue weighted by atomic mass is 10.0. The molecule has 246 valence electrons. The first kappa shape index (κ1) is 31.3. The van der Waals surface area contributed by atoms with Crippen LogP contribution in [0.5, 0.6) is 5.75 Å². The van der Waals surface area contributed by atoms with E-state index in [0.717, 1.165) is 29.9 Å². The van der Waals surface area contributed by atoms with Crippen molar-refractivity contribution >= 4 is 64.5 Å². The van der Waals surface area contributed by atoms with Crippen molar-refractivity contribution in [2.75, 3.05) is 55.4 Å². The molecule has 1 saturated heterocycles. The lowest BCUT2D eigenvalue weighted by molar-refractivity contribution is -0.153. The molecular weight excluding hydrogens is 644 g/mol. The minimum absolute atomic E-state index is 0.00949. The Labute approximate surface area is 274 Å². The number of rotatable bonds is 9. The van der Waals surface area contributed by atoms with Gasteiger partial charge in [0, 0.05) is 73.9 Å². The number of hydrogen-bond acceptors (Lipinski definition) is 10. The Bertz CT molecular complexity index is 2130. The second-order valence-electron chi connectivity index (χ2n) is 11.5. The van der Waals surface area contributed by atoms with Crippen molar-refractivity contribution in [2.24, 2.45) is 7.05 Å². The summed E-state index contributed by atoms with van der Waals surface area (Å²) in [5, 5.41) is 12.6. The van der Waals surface area contributed by atoms with E-state index in [0.29, 0.717) is 51.8 Å². The zero-order valence-electron chi connectivity index (χ0n) is 25.9. The van der Waals surface area contributed by atoms with Crippen LogP contribution in [0.2, 0.25) is 0 Å². The number of fused-ring (bicyclic) bond motifs is 2. The lowest BCUT2D eigenvalue weighted by Crippen LogP contribution is -2.44. The molecule has 0 saturated carbocycles. The third kappa shape index (κ3) is 6.46. The Morgan fingerprint density at radius 1 is 0.979 bits per heavy atom. The molecule has 0 aliphatic carbocycles. The highest BCUT2D eigenvalue weighted by molar-refractivity contribution is 7.35. The van der Waals surface area contributed by atoms with Crippen LogP contribution in [0.3, 0.4) is 0 Å². The molecule has 4 aromatic heterocycles. The fraction of sp³-hybridized carbons (Fsp3) is 0.250. The number of alkyl halides is 3. The van der Waals surface area contributed by atoms with Crippen LogP contribution in [-0.2, 0) is 11.6 Å². The van der Waals surface area contributed by atoms with E-state index in [1.807, 2.05) is 37.5 Å². The Morgan fingerprint density at radius 2 is 1.79 bits per heavy atom. The summed E-state index contributed by atoms with van der Waals surface area (Å²) < 4.78 is 59.8. The quantitative estimate of drug-likeness (QED) is 0.157. The van der Waals surface area contributed by atoms with E-state index in [9.17, 15) is 17.7 Å². The van der Waals surface area contributed by atoms with Crippen molar-refractivity contribution in [1.29, 1.82) is 0 Å². The van der Waals surface area contributed by atoms with Gasteiger partial charge >= 0.3 is 6.18 Å². The van der Waals surface area contributed by atoms with Gasteiger partial charge in [0.2, 0.25) is 5.95 Å². The Kier molecular flexibility index (Phi) is 8.31. The van der Waals surface area contributed by atoms with Gasteiger partial charge in [-0.15, -0.1) is 0 Å². The van der Waals surface area contributed by atoms with Crippen LogP contribution in [0, 0.1) is 0 Å². The molecular formula is C32H30F3N10O2P. The normalized spacial score (nSPS) is 14.2. The molecule has 3 N–H and O–H groups in total. The average Bonchev–Trinajstić information content (AvgIpc) is 3.73. The molecule has 0 spiro atoms. The van der Waals surface area contributed by atoms with Gasteiger partial charge in [0.1, 0.15) is 17.2 Å². The van der Waals surface area contributed by atoms with E-state index in [1.165, 1.54) is 0 Å². The molecule has 0 radical (unpaired) electrons. The van der Waals surface area contributed by atoms with Gasteiger partial charge in [0.15, 0.2) is 15.1 Å². The topological polar surface area (TPSA) is 129 Å². The van der Waals surface area contributed by atoms with Gasteiger partial charge in [0.25, 0.3) is 0 Å². The lowest BCUT2D eigenvalue weighted by Gasteiger charge is -2.35. The summed E-state index contributed by atoms with van der Waals surface area (Å²) in [6, 6.07) is 12.5. The van der Waals surface area contributed by atoms with E-state index < -0.39 is 12.8 Å². The number of aryl methyl sites for hydroxylation is 1. The van der Waals surface area contributed by atoms with Gasteiger partial charge in [-0.3, -0.25) is 14.2 Å². The first-order valence-electron chi connectivity index (χ1n) is 15.1. The van der Waals surface area contributed by atoms with Crippen LogP contribution in [0.15, 0.2) is 67.3 Å². The molecule has 0 unspecified atom stereocenters. The van der Waals surface area contributed by atoms with Gasteiger partial charge < -0.3 is 30.2 Å².